The zero-order valence-electron chi connectivity index (χ0n) is 11.8. The average molecular weight is 294 g/mol. The number of benzene rings is 2. The van der Waals surface area contributed by atoms with Crippen LogP contribution < -0.4 is 9.47 Å². The molecule has 1 N–H and O–H groups in total. The van der Waals surface area contributed by atoms with Crippen molar-refractivity contribution in [3.8, 4) is 11.5 Å². The van der Waals surface area contributed by atoms with Crippen molar-refractivity contribution in [3.63, 3.8) is 0 Å². The van der Waals surface area contributed by atoms with Gasteiger partial charge in [-0.05, 0) is 42.3 Å². The molecular formula is C16H16F2O3. The minimum Gasteiger partial charge on any atom is -0.493 e. The van der Waals surface area contributed by atoms with E-state index in [1.807, 2.05) is 0 Å². The van der Waals surface area contributed by atoms with E-state index in [1.54, 1.807) is 25.1 Å². The first-order chi connectivity index (χ1) is 9.99. The van der Waals surface area contributed by atoms with Crippen LogP contribution in [0.1, 0.15) is 24.2 Å². The Balaban J connectivity index is 2.15. The van der Waals surface area contributed by atoms with Crippen LogP contribution in [0.25, 0.3) is 0 Å². The van der Waals surface area contributed by atoms with Gasteiger partial charge in [0.25, 0.3) is 0 Å². The molecule has 0 aromatic heterocycles. The van der Waals surface area contributed by atoms with Gasteiger partial charge in [0, 0.05) is 6.07 Å². The molecule has 3 nitrogen and oxygen atoms in total. The SMILES string of the molecule is COc1cc(C(C)O)ccc1OCc1cc(F)cc(F)c1. The van der Waals surface area contributed by atoms with Crippen molar-refractivity contribution in [1.29, 1.82) is 0 Å². The van der Waals surface area contributed by atoms with Crippen molar-refractivity contribution >= 4 is 0 Å². The summed E-state index contributed by atoms with van der Waals surface area (Å²) in [5.74, 6) is -0.410. The first-order valence-electron chi connectivity index (χ1n) is 6.43. The third-order valence-electron chi connectivity index (χ3n) is 2.99. The fourth-order valence-electron chi connectivity index (χ4n) is 1.92. The van der Waals surface area contributed by atoms with E-state index in [-0.39, 0.29) is 6.61 Å². The fraction of sp³-hybridized carbons (Fsp3) is 0.250. The minimum atomic E-state index is -0.648. The molecule has 0 bridgehead atoms. The zero-order valence-corrected chi connectivity index (χ0v) is 11.8. The van der Waals surface area contributed by atoms with Crippen molar-refractivity contribution < 1.29 is 23.4 Å². The number of methoxy groups -OCH3 is 1. The Bertz CT molecular complexity index is 607. The Labute approximate surface area is 121 Å². The molecular weight excluding hydrogens is 278 g/mol. The van der Waals surface area contributed by atoms with Gasteiger partial charge in [-0.25, -0.2) is 8.78 Å². The molecule has 0 spiro atoms. The maximum Gasteiger partial charge on any atom is 0.161 e. The third-order valence-corrected chi connectivity index (χ3v) is 2.99. The largest absolute Gasteiger partial charge is 0.493 e. The molecule has 0 fully saturated rings. The van der Waals surface area contributed by atoms with E-state index >= 15 is 0 Å². The maximum atomic E-state index is 13.1. The minimum absolute atomic E-state index is 0.0130. The third kappa shape index (κ3) is 3.92. The molecule has 2 aromatic carbocycles. The molecule has 0 heterocycles. The van der Waals surface area contributed by atoms with Crippen LogP contribution >= 0.6 is 0 Å². The lowest BCUT2D eigenvalue weighted by Gasteiger charge is -2.13. The molecule has 5 heteroatoms. The number of ether oxygens (including phenoxy) is 2. The van der Waals surface area contributed by atoms with Gasteiger partial charge in [0.1, 0.15) is 18.2 Å². The normalized spacial score (nSPS) is 12.0. The van der Waals surface area contributed by atoms with Crippen molar-refractivity contribution in [1.82, 2.24) is 0 Å². The van der Waals surface area contributed by atoms with Crippen LogP contribution in [0, 0.1) is 11.6 Å². The van der Waals surface area contributed by atoms with Crippen molar-refractivity contribution in [3.05, 3.63) is 59.2 Å². The van der Waals surface area contributed by atoms with E-state index in [0.717, 1.165) is 6.07 Å². The number of rotatable bonds is 5. The summed E-state index contributed by atoms with van der Waals surface area (Å²) < 4.78 is 36.9. The van der Waals surface area contributed by atoms with Crippen molar-refractivity contribution in [2.75, 3.05) is 7.11 Å². The summed E-state index contributed by atoms with van der Waals surface area (Å²) in [7, 11) is 1.48. The first kappa shape index (κ1) is 15.3. The van der Waals surface area contributed by atoms with E-state index < -0.39 is 17.7 Å². The standard InChI is InChI=1S/C16H16F2O3/c1-10(19)12-3-4-15(16(7-12)20-2)21-9-11-5-13(17)8-14(18)6-11/h3-8,10,19H,9H2,1-2H3. The molecule has 0 amide bonds. The Kier molecular flexibility index (Phi) is 4.75. The predicted molar refractivity (Wildman–Crippen MR) is 74.3 cm³/mol. The monoisotopic (exact) mass is 294 g/mol. The Morgan fingerprint density at radius 1 is 1.05 bits per heavy atom. The number of hydrogen-bond acceptors (Lipinski definition) is 3. The summed E-state index contributed by atoms with van der Waals surface area (Å²) in [6, 6.07) is 8.23. The van der Waals surface area contributed by atoms with Crippen LogP contribution in [-0.2, 0) is 6.61 Å². The van der Waals surface area contributed by atoms with E-state index in [1.165, 1.54) is 19.2 Å². The molecule has 2 rings (SSSR count). The molecule has 0 aliphatic rings. The van der Waals surface area contributed by atoms with Crippen LogP contribution in [0.2, 0.25) is 0 Å². The van der Waals surface area contributed by atoms with Gasteiger partial charge in [-0.2, -0.15) is 0 Å². The lowest BCUT2D eigenvalue weighted by molar-refractivity contribution is 0.198. The molecule has 0 aliphatic heterocycles. The Morgan fingerprint density at radius 3 is 2.29 bits per heavy atom. The van der Waals surface area contributed by atoms with Crippen LogP contribution in [0.5, 0.6) is 11.5 Å². The van der Waals surface area contributed by atoms with Crippen molar-refractivity contribution in [2.24, 2.45) is 0 Å². The molecule has 21 heavy (non-hydrogen) atoms. The molecule has 0 saturated heterocycles. The molecule has 2 aromatic rings. The van der Waals surface area contributed by atoms with Gasteiger partial charge in [-0.1, -0.05) is 6.07 Å². The molecule has 112 valence electrons. The van der Waals surface area contributed by atoms with E-state index in [9.17, 15) is 13.9 Å². The van der Waals surface area contributed by atoms with Gasteiger partial charge in [0.05, 0.1) is 13.2 Å². The van der Waals surface area contributed by atoms with E-state index in [4.69, 9.17) is 9.47 Å². The van der Waals surface area contributed by atoms with E-state index in [2.05, 4.69) is 0 Å². The smallest absolute Gasteiger partial charge is 0.161 e. The van der Waals surface area contributed by atoms with Crippen LogP contribution in [0.15, 0.2) is 36.4 Å². The van der Waals surface area contributed by atoms with Crippen LogP contribution in [-0.4, -0.2) is 12.2 Å². The lowest BCUT2D eigenvalue weighted by Crippen LogP contribution is -2.00. The van der Waals surface area contributed by atoms with Gasteiger partial charge in [0.2, 0.25) is 0 Å². The highest BCUT2D eigenvalue weighted by atomic mass is 19.1. The second kappa shape index (κ2) is 6.54. The fourth-order valence-corrected chi connectivity index (χ4v) is 1.92. The Morgan fingerprint density at radius 2 is 1.71 bits per heavy atom. The second-order valence-corrected chi connectivity index (χ2v) is 4.65. The molecule has 1 unspecified atom stereocenters. The summed E-state index contributed by atoms with van der Waals surface area (Å²) >= 11 is 0. The summed E-state index contributed by atoms with van der Waals surface area (Å²) in [5, 5.41) is 9.52. The Hall–Kier alpha value is -2.14. The van der Waals surface area contributed by atoms with Gasteiger partial charge < -0.3 is 14.6 Å². The predicted octanol–water partition coefficient (Wildman–Crippen LogP) is 3.61. The first-order valence-corrected chi connectivity index (χ1v) is 6.43. The van der Waals surface area contributed by atoms with Gasteiger partial charge in [-0.3, -0.25) is 0 Å². The number of aliphatic hydroxyl groups excluding tert-OH is 1. The highest BCUT2D eigenvalue weighted by Crippen LogP contribution is 2.30. The van der Waals surface area contributed by atoms with E-state index in [0.29, 0.717) is 22.6 Å². The highest BCUT2D eigenvalue weighted by Gasteiger charge is 2.09. The van der Waals surface area contributed by atoms with Crippen LogP contribution in [0.3, 0.4) is 0 Å². The average Bonchev–Trinajstić information content (AvgIpc) is 2.43. The van der Waals surface area contributed by atoms with Gasteiger partial charge in [0.15, 0.2) is 11.5 Å². The highest BCUT2D eigenvalue weighted by molar-refractivity contribution is 5.43. The molecule has 0 radical (unpaired) electrons. The van der Waals surface area contributed by atoms with Gasteiger partial charge in [-0.15, -0.1) is 0 Å². The quantitative estimate of drug-likeness (QED) is 0.915. The van der Waals surface area contributed by atoms with Gasteiger partial charge >= 0.3 is 0 Å². The summed E-state index contributed by atoms with van der Waals surface area (Å²) in [6.45, 7) is 1.66. The second-order valence-electron chi connectivity index (χ2n) is 4.65. The maximum absolute atomic E-state index is 13.1. The van der Waals surface area contributed by atoms with Crippen LogP contribution in [0.4, 0.5) is 8.78 Å². The lowest BCUT2D eigenvalue weighted by atomic mass is 10.1. The number of halogens is 2. The topological polar surface area (TPSA) is 38.7 Å². The summed E-state index contributed by atoms with van der Waals surface area (Å²) in [6.07, 6.45) is -0.620. The molecule has 0 saturated carbocycles. The van der Waals surface area contributed by atoms with Crippen molar-refractivity contribution in [2.45, 2.75) is 19.6 Å². The molecule has 0 aliphatic carbocycles. The zero-order chi connectivity index (χ0) is 15.4. The summed E-state index contributed by atoms with van der Waals surface area (Å²) in [5.41, 5.74) is 1.07. The number of hydrogen-bond donors (Lipinski definition) is 1. The summed E-state index contributed by atoms with van der Waals surface area (Å²) in [4.78, 5) is 0. The molecule has 1 atom stereocenters. The number of aliphatic hydroxyl groups is 1.